The number of aliphatic hydroxyl groups is 2. The van der Waals surface area contributed by atoms with Gasteiger partial charge in [-0.05, 0) is 43.7 Å². The smallest absolute Gasteiger partial charge is 0.411 e. The molecule has 3 rings (SSSR count). The van der Waals surface area contributed by atoms with Crippen molar-refractivity contribution in [2.24, 2.45) is 11.8 Å². The number of nitrogens with zero attached hydrogens (tertiary/aromatic N) is 2. The van der Waals surface area contributed by atoms with Crippen molar-refractivity contribution >= 4 is 12.0 Å². The number of amides is 2. The van der Waals surface area contributed by atoms with Gasteiger partial charge in [0.1, 0.15) is 11.3 Å². The molecule has 0 bridgehead atoms. The number of aliphatic hydroxyl groups excluding tert-OH is 2. The van der Waals surface area contributed by atoms with Crippen molar-refractivity contribution in [3.8, 4) is 0 Å². The second kappa shape index (κ2) is 9.17. The summed E-state index contributed by atoms with van der Waals surface area (Å²) in [7, 11) is 0. The largest absolute Gasteiger partial charge is 0.467 e. The fourth-order valence-corrected chi connectivity index (χ4v) is 4.67. The van der Waals surface area contributed by atoms with E-state index >= 15 is 0 Å². The van der Waals surface area contributed by atoms with Gasteiger partial charge in [-0.1, -0.05) is 13.8 Å². The zero-order valence-corrected chi connectivity index (χ0v) is 17.2. The highest BCUT2D eigenvalue weighted by atomic mass is 16.6. The quantitative estimate of drug-likeness (QED) is 0.748. The molecule has 2 saturated heterocycles. The first kappa shape index (κ1) is 21.6. The van der Waals surface area contributed by atoms with Crippen LogP contribution in [0.2, 0.25) is 0 Å². The lowest BCUT2D eigenvalue weighted by Crippen LogP contribution is -2.58. The summed E-state index contributed by atoms with van der Waals surface area (Å²) in [5.41, 5.74) is -1.11. The minimum Gasteiger partial charge on any atom is -0.467 e. The van der Waals surface area contributed by atoms with Crippen molar-refractivity contribution in [3.05, 3.63) is 24.2 Å². The molecule has 1 spiro atoms. The van der Waals surface area contributed by atoms with E-state index in [1.54, 1.807) is 17.0 Å². The first-order valence-electron chi connectivity index (χ1n) is 10.4. The highest BCUT2D eigenvalue weighted by molar-refractivity contribution is 5.91. The Morgan fingerprint density at radius 3 is 2.79 bits per heavy atom. The lowest BCUT2D eigenvalue weighted by molar-refractivity contribution is -0.143. The lowest BCUT2D eigenvalue weighted by atomic mass is 9.86. The van der Waals surface area contributed by atoms with Crippen molar-refractivity contribution < 1.29 is 29.0 Å². The van der Waals surface area contributed by atoms with E-state index in [0.29, 0.717) is 25.1 Å². The molecular weight excluding hydrogens is 376 g/mol. The van der Waals surface area contributed by atoms with Crippen LogP contribution in [0.1, 0.15) is 51.3 Å². The molecule has 3 heterocycles. The van der Waals surface area contributed by atoms with Crippen LogP contribution in [0.5, 0.6) is 0 Å². The van der Waals surface area contributed by atoms with Gasteiger partial charge in [0, 0.05) is 25.6 Å². The fourth-order valence-electron chi connectivity index (χ4n) is 4.67. The van der Waals surface area contributed by atoms with Gasteiger partial charge in [0.15, 0.2) is 0 Å². The lowest BCUT2D eigenvalue weighted by Gasteiger charge is -2.40. The molecule has 0 saturated carbocycles. The number of hydrogen-bond acceptors (Lipinski definition) is 6. The second-order valence-corrected chi connectivity index (χ2v) is 8.45. The van der Waals surface area contributed by atoms with Crippen LogP contribution in [-0.4, -0.2) is 70.5 Å². The Balaban J connectivity index is 2.04. The topological polar surface area (TPSA) is 103 Å². The van der Waals surface area contributed by atoms with E-state index < -0.39 is 17.7 Å². The summed E-state index contributed by atoms with van der Waals surface area (Å²) in [4.78, 5) is 30.1. The first-order valence-corrected chi connectivity index (χ1v) is 10.4. The molecule has 3 atom stereocenters. The average Bonchev–Trinajstić information content (AvgIpc) is 3.30. The molecule has 29 heavy (non-hydrogen) atoms. The zero-order chi connectivity index (χ0) is 21.0. The van der Waals surface area contributed by atoms with Gasteiger partial charge in [-0.15, -0.1) is 0 Å². The minimum atomic E-state index is -1.11. The molecule has 0 aliphatic carbocycles. The molecule has 0 aromatic carbocycles. The Kier molecular flexibility index (Phi) is 6.85. The molecule has 2 fully saturated rings. The van der Waals surface area contributed by atoms with Gasteiger partial charge in [-0.2, -0.15) is 0 Å². The van der Waals surface area contributed by atoms with Crippen LogP contribution < -0.4 is 0 Å². The highest BCUT2D eigenvalue weighted by Gasteiger charge is 2.60. The Morgan fingerprint density at radius 2 is 2.17 bits per heavy atom. The molecular formula is C21H32N2O6. The Morgan fingerprint density at radius 1 is 1.38 bits per heavy atom. The molecule has 8 nitrogen and oxygen atoms in total. The van der Waals surface area contributed by atoms with E-state index in [0.717, 1.165) is 12.8 Å². The normalized spacial score (nSPS) is 27.7. The summed E-state index contributed by atoms with van der Waals surface area (Å²) in [6.07, 6.45) is 3.38. The molecule has 2 aliphatic rings. The number of carbonyl (C=O) groups is 2. The molecule has 2 amide bonds. The van der Waals surface area contributed by atoms with Crippen molar-refractivity contribution in [3.63, 3.8) is 0 Å². The van der Waals surface area contributed by atoms with E-state index in [2.05, 4.69) is 0 Å². The highest BCUT2D eigenvalue weighted by Crippen LogP contribution is 2.50. The van der Waals surface area contributed by atoms with Gasteiger partial charge in [0.05, 0.1) is 25.5 Å². The van der Waals surface area contributed by atoms with E-state index in [1.807, 2.05) is 13.8 Å². The molecule has 0 radical (unpaired) electrons. The summed E-state index contributed by atoms with van der Waals surface area (Å²) in [6.45, 7) is 4.62. The number of hydrogen-bond donors (Lipinski definition) is 2. The third-order valence-corrected chi connectivity index (χ3v) is 5.92. The Labute approximate surface area is 171 Å². The van der Waals surface area contributed by atoms with Crippen LogP contribution in [0.25, 0.3) is 0 Å². The van der Waals surface area contributed by atoms with Crippen LogP contribution in [-0.2, 0) is 9.53 Å². The first-order chi connectivity index (χ1) is 13.9. The number of furan rings is 1. The average molecular weight is 408 g/mol. The van der Waals surface area contributed by atoms with E-state index in [9.17, 15) is 19.8 Å². The van der Waals surface area contributed by atoms with Crippen molar-refractivity contribution in [1.29, 1.82) is 0 Å². The number of carbonyl (C=O) groups excluding carboxylic acids is 2. The molecule has 2 aliphatic heterocycles. The third kappa shape index (κ3) is 4.14. The minimum absolute atomic E-state index is 0.134. The molecule has 0 unspecified atom stereocenters. The van der Waals surface area contributed by atoms with Crippen molar-refractivity contribution in [2.45, 2.75) is 51.1 Å². The second-order valence-electron chi connectivity index (χ2n) is 8.45. The summed E-state index contributed by atoms with van der Waals surface area (Å²) < 4.78 is 11.2. The molecule has 1 aromatic heterocycles. The number of β-amino-alcohol motifs (C(OH)–C–C–N with tert-alkyl or cyclic N) is 1. The predicted octanol–water partition coefficient (Wildman–Crippen LogP) is 2.17. The summed E-state index contributed by atoms with van der Waals surface area (Å²) in [5, 5.41) is 19.5. The van der Waals surface area contributed by atoms with Crippen LogP contribution in [0.4, 0.5) is 4.79 Å². The summed E-state index contributed by atoms with van der Waals surface area (Å²) in [5.74, 6) is 0.168. The van der Waals surface area contributed by atoms with Gasteiger partial charge in [-0.25, -0.2) is 4.79 Å². The number of ether oxygens (including phenoxy) is 1. The van der Waals surface area contributed by atoms with Gasteiger partial charge in [0.25, 0.3) is 0 Å². The van der Waals surface area contributed by atoms with Gasteiger partial charge in [0.2, 0.25) is 5.91 Å². The van der Waals surface area contributed by atoms with E-state index in [4.69, 9.17) is 9.15 Å². The summed E-state index contributed by atoms with van der Waals surface area (Å²) >= 11 is 0. The third-order valence-electron chi connectivity index (χ3n) is 5.92. The Bertz CT molecular complexity index is 691. The van der Waals surface area contributed by atoms with E-state index in [1.165, 1.54) is 11.2 Å². The van der Waals surface area contributed by atoms with E-state index in [-0.39, 0.29) is 44.1 Å². The van der Waals surface area contributed by atoms with Crippen LogP contribution >= 0.6 is 0 Å². The maximum absolute atomic E-state index is 13.6. The van der Waals surface area contributed by atoms with Crippen LogP contribution in [0, 0.1) is 11.8 Å². The predicted molar refractivity (Wildman–Crippen MR) is 105 cm³/mol. The monoisotopic (exact) mass is 408 g/mol. The molecule has 1 aromatic rings. The number of rotatable bonds is 6. The van der Waals surface area contributed by atoms with Crippen molar-refractivity contribution in [1.82, 2.24) is 9.80 Å². The SMILES string of the molecule is CC(C)COC(=O)N1[C@@H](c2ccco2)[C@@H](CO)C[C@]12CCCCN(CCO)C2=O. The maximum Gasteiger partial charge on any atom is 0.411 e. The standard InChI is InChI=1S/C21H32N2O6/c1-15(2)14-29-20(27)23-18(17-6-5-11-28-17)16(13-25)12-21(23)7-3-4-8-22(9-10-24)19(21)26/h5-6,11,15-16,18,24-25H,3-4,7-10,12-14H2,1-2H3/t16-,18-,21+/m1/s1. The molecule has 2 N–H and O–H groups in total. The number of likely N-dealkylation sites (tertiary alicyclic amines) is 2. The molecule has 8 heteroatoms. The van der Waals surface area contributed by atoms with Crippen LogP contribution in [0.15, 0.2) is 22.8 Å². The van der Waals surface area contributed by atoms with Gasteiger partial charge < -0.3 is 24.3 Å². The Hall–Kier alpha value is -2.06. The zero-order valence-electron chi connectivity index (χ0n) is 17.2. The van der Waals surface area contributed by atoms with Gasteiger partial charge in [-0.3, -0.25) is 9.69 Å². The maximum atomic E-state index is 13.6. The van der Waals surface area contributed by atoms with Crippen molar-refractivity contribution in [2.75, 3.05) is 32.9 Å². The molecule has 162 valence electrons. The van der Waals surface area contributed by atoms with Crippen LogP contribution in [0.3, 0.4) is 0 Å². The van der Waals surface area contributed by atoms with Gasteiger partial charge >= 0.3 is 6.09 Å². The fraction of sp³-hybridized carbons (Fsp3) is 0.714. The summed E-state index contributed by atoms with van der Waals surface area (Å²) in [6, 6.07) is 2.92.